The van der Waals surface area contributed by atoms with Crippen molar-refractivity contribution in [3.05, 3.63) is 65.2 Å². The molecule has 0 spiro atoms. The molecule has 1 saturated carbocycles. The Balaban J connectivity index is 1.68. The minimum absolute atomic E-state index is 0.00197. The molecular weight excluding hydrogens is 368 g/mol. The van der Waals surface area contributed by atoms with Crippen molar-refractivity contribution in [2.24, 2.45) is 0 Å². The molecule has 0 aliphatic heterocycles. The van der Waals surface area contributed by atoms with Crippen LogP contribution in [0.3, 0.4) is 0 Å². The maximum absolute atomic E-state index is 13.4. The largest absolute Gasteiger partial charge is 0.497 e. The van der Waals surface area contributed by atoms with Gasteiger partial charge in [-0.1, -0.05) is 43.5 Å². The second-order valence-corrected chi connectivity index (χ2v) is 7.62. The number of benzene rings is 2. The Morgan fingerprint density at radius 3 is 2.07 bits per heavy atom. The first-order valence-corrected chi connectivity index (χ1v) is 9.98. The van der Waals surface area contributed by atoms with Gasteiger partial charge in [-0.15, -0.1) is 0 Å². The van der Waals surface area contributed by atoms with Gasteiger partial charge in [-0.2, -0.15) is 0 Å². The average Bonchev–Trinajstić information content (AvgIpc) is 2.97. The Kier molecular flexibility index (Phi) is 5.20. The van der Waals surface area contributed by atoms with E-state index in [4.69, 9.17) is 4.74 Å². The smallest absolute Gasteiger partial charge is 0.253 e. The number of fused-ring (bicyclic) bond motifs is 1. The van der Waals surface area contributed by atoms with Gasteiger partial charge in [-0.05, 0) is 37.1 Å². The van der Waals surface area contributed by atoms with Gasteiger partial charge in [0, 0.05) is 22.7 Å². The van der Waals surface area contributed by atoms with Gasteiger partial charge in [-0.3, -0.25) is 19.7 Å². The van der Waals surface area contributed by atoms with Crippen LogP contribution in [0.25, 0.3) is 0 Å². The van der Waals surface area contributed by atoms with Crippen LogP contribution >= 0.6 is 0 Å². The first-order valence-electron chi connectivity index (χ1n) is 9.98. The van der Waals surface area contributed by atoms with Gasteiger partial charge in [0.15, 0.2) is 0 Å². The van der Waals surface area contributed by atoms with Crippen LogP contribution < -0.4 is 15.4 Å². The molecule has 0 saturated heterocycles. The summed E-state index contributed by atoms with van der Waals surface area (Å²) in [5.74, 6) is -0.654. The lowest BCUT2D eigenvalue weighted by Gasteiger charge is -2.34. The molecule has 4 rings (SSSR count). The van der Waals surface area contributed by atoms with Crippen molar-refractivity contribution in [2.75, 3.05) is 7.11 Å². The van der Waals surface area contributed by atoms with Crippen LogP contribution in [0.1, 0.15) is 63.2 Å². The van der Waals surface area contributed by atoms with Crippen molar-refractivity contribution in [3.8, 4) is 5.75 Å². The van der Waals surface area contributed by atoms with Crippen molar-refractivity contribution in [2.45, 2.75) is 43.8 Å². The van der Waals surface area contributed by atoms with E-state index in [0.29, 0.717) is 22.4 Å². The predicted octanol–water partition coefficient (Wildman–Crippen LogP) is 3.12. The number of Topliss-reactive ketones (excluding diaryl/α,β-unsaturated/α-hetero) is 2. The van der Waals surface area contributed by atoms with E-state index in [2.05, 4.69) is 10.6 Å². The number of hydrogen-bond donors (Lipinski definition) is 2. The van der Waals surface area contributed by atoms with E-state index >= 15 is 0 Å². The third-order valence-electron chi connectivity index (χ3n) is 5.78. The van der Waals surface area contributed by atoms with E-state index in [0.717, 1.165) is 32.1 Å². The molecule has 0 bridgehead atoms. The number of amides is 1. The van der Waals surface area contributed by atoms with Crippen molar-refractivity contribution >= 4 is 17.5 Å². The lowest BCUT2D eigenvalue weighted by Crippen LogP contribution is -2.68. The van der Waals surface area contributed by atoms with Crippen molar-refractivity contribution < 1.29 is 19.1 Å². The summed E-state index contributed by atoms with van der Waals surface area (Å²) in [5, 5.41) is 6.00. The molecule has 0 aromatic heterocycles. The zero-order valence-corrected chi connectivity index (χ0v) is 16.4. The zero-order chi connectivity index (χ0) is 20.4. The SMILES string of the molecule is COc1ccc(C(=O)NC2(NC3CCCCC3)C(=O)c3ccccc3C2=O)cc1. The van der Waals surface area contributed by atoms with Crippen LogP contribution in [0.5, 0.6) is 5.75 Å². The van der Waals surface area contributed by atoms with Gasteiger partial charge < -0.3 is 10.1 Å². The molecule has 2 aromatic carbocycles. The maximum Gasteiger partial charge on any atom is 0.253 e. The number of ketones is 2. The molecule has 2 aromatic rings. The molecule has 6 heteroatoms. The molecule has 150 valence electrons. The molecule has 6 nitrogen and oxygen atoms in total. The first-order chi connectivity index (χ1) is 14.0. The van der Waals surface area contributed by atoms with Gasteiger partial charge in [0.2, 0.25) is 17.2 Å². The van der Waals surface area contributed by atoms with Gasteiger partial charge >= 0.3 is 0 Å². The highest BCUT2D eigenvalue weighted by Crippen LogP contribution is 2.31. The number of hydrogen-bond acceptors (Lipinski definition) is 5. The average molecular weight is 392 g/mol. The van der Waals surface area contributed by atoms with Crippen LogP contribution in [0.15, 0.2) is 48.5 Å². The molecule has 0 atom stereocenters. The highest BCUT2D eigenvalue weighted by Gasteiger charge is 2.55. The minimum atomic E-state index is -1.76. The third kappa shape index (κ3) is 3.44. The van der Waals surface area contributed by atoms with Crippen LogP contribution in [0.2, 0.25) is 0 Å². The summed E-state index contributed by atoms with van der Waals surface area (Å²) in [6.07, 6.45) is 4.96. The monoisotopic (exact) mass is 392 g/mol. The first kappa shape index (κ1) is 19.3. The third-order valence-corrected chi connectivity index (χ3v) is 5.78. The van der Waals surface area contributed by atoms with E-state index in [-0.39, 0.29) is 6.04 Å². The number of ether oxygens (including phenoxy) is 1. The Morgan fingerprint density at radius 1 is 0.931 bits per heavy atom. The summed E-state index contributed by atoms with van der Waals surface area (Å²) in [6, 6.07) is 13.3. The van der Waals surface area contributed by atoms with Gasteiger partial charge in [0.25, 0.3) is 5.91 Å². The summed E-state index contributed by atoms with van der Waals surface area (Å²) in [6.45, 7) is 0. The molecule has 0 heterocycles. The van der Waals surface area contributed by atoms with Crippen LogP contribution in [0, 0.1) is 0 Å². The summed E-state index contributed by atoms with van der Waals surface area (Å²) in [5.41, 5.74) is -0.721. The molecule has 1 fully saturated rings. The summed E-state index contributed by atoms with van der Waals surface area (Å²) >= 11 is 0. The van der Waals surface area contributed by atoms with Gasteiger partial charge in [0.05, 0.1) is 7.11 Å². The quantitative estimate of drug-likeness (QED) is 0.603. The molecule has 0 unspecified atom stereocenters. The maximum atomic E-state index is 13.4. The van der Waals surface area contributed by atoms with Crippen LogP contribution in [-0.4, -0.2) is 36.3 Å². The van der Waals surface area contributed by atoms with Crippen molar-refractivity contribution in [3.63, 3.8) is 0 Å². The van der Waals surface area contributed by atoms with E-state index in [1.165, 1.54) is 0 Å². The fourth-order valence-corrected chi connectivity index (χ4v) is 4.20. The molecule has 2 N–H and O–H groups in total. The summed E-state index contributed by atoms with van der Waals surface area (Å²) < 4.78 is 5.13. The Bertz CT molecular complexity index is 911. The standard InChI is InChI=1S/C23H24N2O4/c1-29-17-13-11-15(12-14-17)22(28)25-23(24-16-7-3-2-4-8-16)20(26)18-9-5-6-10-19(18)21(23)27/h5-6,9-14,16,24H,2-4,7-8H2,1H3,(H,25,28). The van der Waals surface area contributed by atoms with Crippen LogP contribution in [-0.2, 0) is 0 Å². The van der Waals surface area contributed by atoms with E-state index in [1.54, 1.807) is 55.6 Å². The lowest BCUT2D eigenvalue weighted by atomic mass is 9.92. The summed E-state index contributed by atoms with van der Waals surface area (Å²) in [7, 11) is 1.55. The fourth-order valence-electron chi connectivity index (χ4n) is 4.20. The molecule has 2 aliphatic carbocycles. The molecule has 0 radical (unpaired) electrons. The second-order valence-electron chi connectivity index (χ2n) is 7.62. The van der Waals surface area contributed by atoms with E-state index in [1.807, 2.05) is 0 Å². The summed E-state index contributed by atoms with van der Waals surface area (Å²) in [4.78, 5) is 39.7. The Morgan fingerprint density at radius 2 is 1.52 bits per heavy atom. The Labute approximate surface area is 169 Å². The van der Waals surface area contributed by atoms with Gasteiger partial charge in [-0.25, -0.2) is 0 Å². The lowest BCUT2D eigenvalue weighted by molar-refractivity contribution is 0.0626. The zero-order valence-electron chi connectivity index (χ0n) is 16.4. The van der Waals surface area contributed by atoms with Crippen molar-refractivity contribution in [1.82, 2.24) is 10.6 Å². The van der Waals surface area contributed by atoms with E-state index < -0.39 is 23.1 Å². The van der Waals surface area contributed by atoms with Gasteiger partial charge in [0.1, 0.15) is 5.75 Å². The highest BCUT2D eigenvalue weighted by molar-refractivity contribution is 6.33. The number of carbonyl (C=O) groups is 3. The molecular formula is C23H24N2O4. The normalized spacial score (nSPS) is 18.4. The fraction of sp³-hybridized carbons (Fsp3) is 0.348. The Hall–Kier alpha value is -2.99. The molecule has 1 amide bonds. The van der Waals surface area contributed by atoms with E-state index in [9.17, 15) is 14.4 Å². The number of methoxy groups -OCH3 is 1. The number of nitrogens with one attached hydrogen (secondary N) is 2. The topological polar surface area (TPSA) is 84.5 Å². The minimum Gasteiger partial charge on any atom is -0.497 e. The van der Waals surface area contributed by atoms with Crippen molar-refractivity contribution in [1.29, 1.82) is 0 Å². The second kappa shape index (κ2) is 7.79. The number of rotatable bonds is 5. The molecule has 29 heavy (non-hydrogen) atoms. The number of carbonyl (C=O) groups excluding carboxylic acids is 3. The van der Waals surface area contributed by atoms with Crippen LogP contribution in [0.4, 0.5) is 0 Å². The predicted molar refractivity (Wildman–Crippen MR) is 108 cm³/mol. The molecule has 2 aliphatic rings. The highest BCUT2D eigenvalue weighted by atomic mass is 16.5.